The van der Waals surface area contributed by atoms with Crippen molar-refractivity contribution in [2.45, 2.75) is 20.3 Å². The molecule has 2 heteroatoms. The van der Waals surface area contributed by atoms with Gasteiger partial charge in [0.1, 0.15) is 0 Å². The van der Waals surface area contributed by atoms with E-state index in [1.807, 2.05) is 0 Å². The van der Waals surface area contributed by atoms with Crippen LogP contribution in [0.2, 0.25) is 0 Å². The topological polar surface area (TPSA) is 0 Å². The minimum absolute atomic E-state index is 0.973. The zero-order chi connectivity index (χ0) is 7.61. The third-order valence-corrected chi connectivity index (χ3v) is 4.88. The molecule has 0 amide bonds. The zero-order valence-corrected chi connectivity index (χ0v) is 8.00. The maximum Gasteiger partial charge on any atom is -0.00318 e. The van der Waals surface area contributed by atoms with Crippen LogP contribution in [-0.4, -0.2) is 5.75 Å². The number of hydrogen-bond acceptors (Lipinski definition) is 0. The van der Waals surface area contributed by atoms with Crippen molar-refractivity contribution in [3.63, 3.8) is 0 Å². The number of allylic oxidation sites excluding steroid dienone is 2. The highest BCUT2D eigenvalue weighted by Crippen LogP contribution is 2.60. The molecule has 1 aliphatic rings. The second-order valence-corrected chi connectivity index (χ2v) is 6.78. The third-order valence-electron chi connectivity index (χ3n) is 1.46. The lowest BCUT2D eigenvalue weighted by atomic mass is 10.4. The Labute approximate surface area is 68.8 Å². The number of halogens is 1. The van der Waals surface area contributed by atoms with E-state index in [0.717, 1.165) is 5.75 Å². The molecule has 0 aromatic carbocycles. The summed E-state index contributed by atoms with van der Waals surface area (Å²) in [5.41, 5.74) is 1.32. The smallest absolute Gasteiger partial charge is 0.00318 e. The fourth-order valence-corrected chi connectivity index (χ4v) is 4.18. The Morgan fingerprint density at radius 1 is 1.60 bits per heavy atom. The molecule has 0 bridgehead atoms. The fraction of sp³-hybridized carbons (Fsp3) is 0.500. The lowest BCUT2D eigenvalue weighted by Crippen LogP contribution is -1.85. The highest BCUT2D eigenvalue weighted by atomic mass is 35.7. The van der Waals surface area contributed by atoms with Gasteiger partial charge in [-0.3, -0.25) is 0 Å². The van der Waals surface area contributed by atoms with Crippen molar-refractivity contribution in [1.82, 2.24) is 0 Å². The minimum atomic E-state index is -0.973. The van der Waals surface area contributed by atoms with E-state index in [2.05, 4.69) is 30.7 Å². The molecule has 0 N–H and O–H groups in total. The van der Waals surface area contributed by atoms with Crippen molar-refractivity contribution in [1.29, 1.82) is 0 Å². The molecule has 0 aromatic rings. The lowest BCUT2D eigenvalue weighted by Gasteiger charge is -2.20. The molecule has 58 valence electrons. The van der Waals surface area contributed by atoms with Crippen LogP contribution in [0.25, 0.3) is 0 Å². The highest BCUT2D eigenvalue weighted by molar-refractivity contribution is 8.55. The van der Waals surface area contributed by atoms with E-state index in [9.17, 15) is 0 Å². The normalized spacial score (nSPS) is 37.3. The van der Waals surface area contributed by atoms with Crippen LogP contribution in [0.4, 0.5) is 0 Å². The van der Waals surface area contributed by atoms with Gasteiger partial charge < -0.3 is 0 Å². The van der Waals surface area contributed by atoms with Gasteiger partial charge in [0, 0.05) is 0 Å². The Morgan fingerprint density at radius 3 is 2.70 bits per heavy atom. The summed E-state index contributed by atoms with van der Waals surface area (Å²) in [4.78, 5) is 0. The van der Waals surface area contributed by atoms with Crippen molar-refractivity contribution in [2.24, 2.45) is 0 Å². The summed E-state index contributed by atoms with van der Waals surface area (Å²) in [6.45, 7) is 4.27. The van der Waals surface area contributed by atoms with Gasteiger partial charge >= 0.3 is 0 Å². The van der Waals surface area contributed by atoms with Crippen LogP contribution in [0.3, 0.4) is 0 Å². The van der Waals surface area contributed by atoms with E-state index in [-0.39, 0.29) is 0 Å². The minimum Gasteiger partial charge on any atom is -0.122 e. The third kappa shape index (κ3) is 1.80. The van der Waals surface area contributed by atoms with Crippen molar-refractivity contribution in [3.8, 4) is 0 Å². The molecule has 0 saturated carbocycles. The first kappa shape index (κ1) is 8.22. The van der Waals surface area contributed by atoms with Crippen LogP contribution in [-0.2, 0) is 0 Å². The second-order valence-electron chi connectivity index (χ2n) is 2.63. The predicted molar refractivity (Wildman–Crippen MR) is 51.5 cm³/mol. The molecule has 10 heavy (non-hydrogen) atoms. The molecule has 0 saturated heterocycles. The first-order valence-electron chi connectivity index (χ1n) is 3.53. The molecule has 1 rings (SSSR count). The van der Waals surface area contributed by atoms with Gasteiger partial charge in [-0.2, -0.15) is 0 Å². The van der Waals surface area contributed by atoms with E-state index in [1.54, 1.807) is 0 Å². The molecule has 0 aliphatic carbocycles. The first-order chi connectivity index (χ1) is 4.66. The molecule has 1 unspecified atom stereocenters. The van der Waals surface area contributed by atoms with Crippen molar-refractivity contribution in [3.05, 3.63) is 22.5 Å². The van der Waals surface area contributed by atoms with E-state index in [1.165, 1.54) is 12.0 Å². The van der Waals surface area contributed by atoms with E-state index in [0.29, 0.717) is 0 Å². The van der Waals surface area contributed by atoms with Gasteiger partial charge in [0.2, 0.25) is 0 Å². The fourth-order valence-electron chi connectivity index (χ4n) is 1.05. The van der Waals surface area contributed by atoms with E-state index in [4.69, 9.17) is 10.7 Å². The van der Waals surface area contributed by atoms with Crippen molar-refractivity contribution >= 4 is 19.9 Å². The van der Waals surface area contributed by atoms with Gasteiger partial charge in [-0.05, 0) is 35.5 Å². The lowest BCUT2D eigenvalue weighted by molar-refractivity contribution is 1.10. The summed E-state index contributed by atoms with van der Waals surface area (Å²) in [7, 11) is 5.31. The molecular weight excluding hydrogens is 164 g/mol. The molecule has 0 aromatic heterocycles. The van der Waals surface area contributed by atoms with Crippen LogP contribution in [0.15, 0.2) is 22.5 Å². The summed E-state index contributed by atoms with van der Waals surface area (Å²) in [5.74, 6) is 1.13. The maximum absolute atomic E-state index is 6.29. The van der Waals surface area contributed by atoms with E-state index >= 15 is 0 Å². The molecular formula is C8H13ClS. The summed E-state index contributed by atoms with van der Waals surface area (Å²) in [5, 5.41) is 4.37. The van der Waals surface area contributed by atoms with Crippen LogP contribution >= 0.6 is 19.9 Å². The Kier molecular flexibility index (Phi) is 2.48. The zero-order valence-electron chi connectivity index (χ0n) is 6.43. The Hall–Kier alpha value is 0.120. The van der Waals surface area contributed by atoms with Gasteiger partial charge in [0.25, 0.3) is 0 Å². The monoisotopic (exact) mass is 176 g/mol. The summed E-state index contributed by atoms with van der Waals surface area (Å²) < 4.78 is 0. The molecule has 1 heterocycles. The van der Waals surface area contributed by atoms with Crippen LogP contribution < -0.4 is 0 Å². The van der Waals surface area contributed by atoms with Crippen LogP contribution in [0.1, 0.15) is 20.3 Å². The maximum atomic E-state index is 6.29. The van der Waals surface area contributed by atoms with Gasteiger partial charge in [0.05, 0.1) is 0 Å². The van der Waals surface area contributed by atoms with Gasteiger partial charge in [-0.15, -0.1) is 9.24 Å². The largest absolute Gasteiger partial charge is 0.122 e. The van der Waals surface area contributed by atoms with Gasteiger partial charge in [0.15, 0.2) is 0 Å². The van der Waals surface area contributed by atoms with Crippen LogP contribution in [0.5, 0.6) is 0 Å². The standard InChI is InChI=1S/C8H13ClS/c1-3-5-10(9)6-4-8(2)7-10/h4,6-7H,3,5H2,1-2H3. The van der Waals surface area contributed by atoms with Crippen molar-refractivity contribution in [2.75, 3.05) is 5.75 Å². The predicted octanol–water partition coefficient (Wildman–Crippen LogP) is 3.79. The molecule has 0 nitrogen and oxygen atoms in total. The van der Waals surface area contributed by atoms with Gasteiger partial charge in [-0.25, -0.2) is 0 Å². The average Bonchev–Trinajstić information content (AvgIpc) is 2.12. The van der Waals surface area contributed by atoms with Crippen molar-refractivity contribution < 1.29 is 0 Å². The summed E-state index contributed by atoms with van der Waals surface area (Å²) >= 11 is 0. The Morgan fingerprint density at radius 2 is 2.30 bits per heavy atom. The molecule has 1 atom stereocenters. The number of rotatable bonds is 2. The molecule has 1 aliphatic heterocycles. The Bertz CT molecular complexity index is 184. The SMILES string of the molecule is CCCS1(Cl)C=CC(C)=C1. The number of hydrogen-bond donors (Lipinski definition) is 0. The summed E-state index contributed by atoms with van der Waals surface area (Å²) in [6.07, 6.45) is 3.30. The first-order valence-corrected chi connectivity index (χ1v) is 6.29. The molecule has 0 radical (unpaired) electrons. The second kappa shape index (κ2) is 3.02. The highest BCUT2D eigenvalue weighted by Gasteiger charge is 2.16. The average molecular weight is 177 g/mol. The summed E-state index contributed by atoms with van der Waals surface area (Å²) in [6, 6.07) is 0. The van der Waals surface area contributed by atoms with Gasteiger partial charge in [-0.1, -0.05) is 23.7 Å². The van der Waals surface area contributed by atoms with Crippen LogP contribution in [0, 0.1) is 0 Å². The molecule has 0 spiro atoms. The molecule has 0 fully saturated rings. The quantitative estimate of drug-likeness (QED) is 0.601. The van der Waals surface area contributed by atoms with E-state index < -0.39 is 9.24 Å². The Balaban J connectivity index is 2.64.